The number of thioether (sulfide) groups is 1. The Hall–Kier alpha value is -0.590. The standard InChI is InChI=1S/C10H20N4OS/c1-10(7-15,11-2)5-4-6-16-9-12-8-13-14(9)3/h8,11,15H,4-7H2,1-3H3. The molecular formula is C10H20N4OS. The minimum absolute atomic E-state index is 0.165. The molecule has 0 aliphatic heterocycles. The molecule has 0 spiro atoms. The predicted molar refractivity (Wildman–Crippen MR) is 65.5 cm³/mol. The van der Waals surface area contributed by atoms with Gasteiger partial charge >= 0.3 is 0 Å². The fourth-order valence-electron chi connectivity index (χ4n) is 1.33. The Labute approximate surface area is 101 Å². The van der Waals surface area contributed by atoms with Crippen LogP contribution in [0.25, 0.3) is 0 Å². The highest BCUT2D eigenvalue weighted by atomic mass is 32.2. The van der Waals surface area contributed by atoms with Crippen molar-refractivity contribution in [2.45, 2.75) is 30.5 Å². The third-order valence-electron chi connectivity index (χ3n) is 2.73. The van der Waals surface area contributed by atoms with E-state index in [1.54, 1.807) is 22.8 Å². The van der Waals surface area contributed by atoms with Gasteiger partial charge in [-0.2, -0.15) is 5.10 Å². The van der Waals surface area contributed by atoms with Gasteiger partial charge in [-0.15, -0.1) is 0 Å². The summed E-state index contributed by atoms with van der Waals surface area (Å²) in [5.74, 6) is 0.990. The minimum atomic E-state index is -0.166. The Bertz CT molecular complexity index is 312. The summed E-state index contributed by atoms with van der Waals surface area (Å²) in [6.07, 6.45) is 3.55. The van der Waals surface area contributed by atoms with E-state index in [1.165, 1.54) is 0 Å². The maximum atomic E-state index is 9.22. The smallest absolute Gasteiger partial charge is 0.185 e. The monoisotopic (exact) mass is 244 g/mol. The summed E-state index contributed by atoms with van der Waals surface area (Å²) >= 11 is 1.70. The molecule has 1 atom stereocenters. The number of aliphatic hydroxyl groups is 1. The molecule has 0 bridgehead atoms. The molecule has 92 valence electrons. The van der Waals surface area contributed by atoms with Gasteiger partial charge in [0.05, 0.1) is 6.61 Å². The van der Waals surface area contributed by atoms with Crippen molar-refractivity contribution in [3.63, 3.8) is 0 Å². The van der Waals surface area contributed by atoms with E-state index in [0.717, 1.165) is 23.8 Å². The third-order valence-corrected chi connectivity index (χ3v) is 3.85. The normalized spacial score (nSPS) is 15.0. The van der Waals surface area contributed by atoms with Crippen LogP contribution in [-0.4, -0.2) is 44.8 Å². The molecule has 0 amide bonds. The topological polar surface area (TPSA) is 63.0 Å². The molecule has 0 aliphatic rings. The second kappa shape index (κ2) is 6.22. The van der Waals surface area contributed by atoms with Crippen LogP contribution in [0.2, 0.25) is 0 Å². The summed E-state index contributed by atoms with van der Waals surface area (Å²) < 4.78 is 1.77. The average molecular weight is 244 g/mol. The lowest BCUT2D eigenvalue weighted by molar-refractivity contribution is 0.173. The molecule has 1 unspecified atom stereocenters. The number of aryl methyl sites for hydroxylation is 1. The zero-order valence-electron chi connectivity index (χ0n) is 10.1. The van der Waals surface area contributed by atoms with Crippen molar-refractivity contribution in [3.8, 4) is 0 Å². The average Bonchev–Trinajstić information content (AvgIpc) is 2.70. The van der Waals surface area contributed by atoms with Gasteiger partial charge in [-0.05, 0) is 26.8 Å². The predicted octanol–water partition coefficient (Wildman–Crippen LogP) is 0.658. The van der Waals surface area contributed by atoms with Crippen LogP contribution >= 0.6 is 11.8 Å². The molecule has 1 aromatic rings. The lowest BCUT2D eigenvalue weighted by atomic mass is 9.98. The van der Waals surface area contributed by atoms with Crippen LogP contribution in [0.5, 0.6) is 0 Å². The van der Waals surface area contributed by atoms with E-state index < -0.39 is 0 Å². The number of likely N-dealkylation sites (N-methyl/N-ethyl adjacent to an activating group) is 1. The van der Waals surface area contributed by atoms with E-state index in [9.17, 15) is 5.11 Å². The number of rotatable bonds is 7. The van der Waals surface area contributed by atoms with Gasteiger partial charge in [0, 0.05) is 18.3 Å². The molecule has 16 heavy (non-hydrogen) atoms. The number of hydrogen-bond acceptors (Lipinski definition) is 5. The van der Waals surface area contributed by atoms with Gasteiger partial charge in [-0.3, -0.25) is 0 Å². The number of nitrogens with zero attached hydrogens (tertiary/aromatic N) is 3. The van der Waals surface area contributed by atoms with Crippen molar-refractivity contribution < 1.29 is 5.11 Å². The SMILES string of the molecule is CNC(C)(CO)CCCSc1ncnn1C. The zero-order chi connectivity index (χ0) is 12.0. The molecule has 2 N–H and O–H groups in total. The van der Waals surface area contributed by atoms with Crippen LogP contribution in [0.3, 0.4) is 0 Å². The number of nitrogens with one attached hydrogen (secondary N) is 1. The minimum Gasteiger partial charge on any atom is -0.394 e. The van der Waals surface area contributed by atoms with E-state index in [1.807, 2.05) is 21.0 Å². The quantitative estimate of drug-likeness (QED) is 0.545. The highest BCUT2D eigenvalue weighted by Crippen LogP contribution is 2.18. The van der Waals surface area contributed by atoms with Gasteiger partial charge in [0.25, 0.3) is 0 Å². The molecule has 6 heteroatoms. The molecule has 1 rings (SSSR count). The lowest BCUT2D eigenvalue weighted by Gasteiger charge is -2.26. The maximum absolute atomic E-state index is 9.22. The first-order valence-corrected chi connectivity index (χ1v) is 6.36. The Morgan fingerprint density at radius 3 is 2.88 bits per heavy atom. The summed E-state index contributed by atoms with van der Waals surface area (Å²) in [6.45, 7) is 2.19. The summed E-state index contributed by atoms with van der Waals surface area (Å²) in [4.78, 5) is 4.14. The Morgan fingerprint density at radius 2 is 2.38 bits per heavy atom. The van der Waals surface area contributed by atoms with Gasteiger partial charge in [0.2, 0.25) is 0 Å². The van der Waals surface area contributed by atoms with Crippen LogP contribution < -0.4 is 5.32 Å². The van der Waals surface area contributed by atoms with Crippen LogP contribution in [-0.2, 0) is 7.05 Å². The van der Waals surface area contributed by atoms with E-state index in [-0.39, 0.29) is 12.1 Å². The first-order valence-electron chi connectivity index (χ1n) is 5.38. The first kappa shape index (κ1) is 13.5. The van der Waals surface area contributed by atoms with E-state index in [2.05, 4.69) is 15.4 Å². The molecule has 5 nitrogen and oxygen atoms in total. The zero-order valence-corrected chi connectivity index (χ0v) is 10.9. The summed E-state index contributed by atoms with van der Waals surface area (Å²) in [6, 6.07) is 0. The highest BCUT2D eigenvalue weighted by Gasteiger charge is 2.19. The fourth-order valence-corrected chi connectivity index (χ4v) is 2.15. The fraction of sp³-hybridized carbons (Fsp3) is 0.800. The number of hydrogen-bond donors (Lipinski definition) is 2. The van der Waals surface area contributed by atoms with Crippen molar-refractivity contribution in [2.75, 3.05) is 19.4 Å². The van der Waals surface area contributed by atoms with Gasteiger partial charge in [-0.25, -0.2) is 9.67 Å². The molecule has 0 aliphatic carbocycles. The van der Waals surface area contributed by atoms with Crippen LogP contribution in [0.4, 0.5) is 0 Å². The Morgan fingerprint density at radius 1 is 1.62 bits per heavy atom. The van der Waals surface area contributed by atoms with Gasteiger partial charge in [0.15, 0.2) is 5.16 Å². The van der Waals surface area contributed by atoms with Crippen LogP contribution in [0.15, 0.2) is 11.5 Å². The molecular weight excluding hydrogens is 224 g/mol. The van der Waals surface area contributed by atoms with E-state index in [4.69, 9.17) is 0 Å². The molecule has 1 aromatic heterocycles. The molecule has 0 saturated carbocycles. The van der Waals surface area contributed by atoms with Crippen molar-refractivity contribution in [1.82, 2.24) is 20.1 Å². The summed E-state index contributed by atoms with van der Waals surface area (Å²) in [5.41, 5.74) is -0.166. The maximum Gasteiger partial charge on any atom is 0.185 e. The lowest BCUT2D eigenvalue weighted by Crippen LogP contribution is -2.43. The van der Waals surface area contributed by atoms with E-state index in [0.29, 0.717) is 0 Å². The highest BCUT2D eigenvalue weighted by molar-refractivity contribution is 7.99. The van der Waals surface area contributed by atoms with Gasteiger partial charge < -0.3 is 10.4 Å². The van der Waals surface area contributed by atoms with E-state index >= 15 is 0 Å². The van der Waals surface area contributed by atoms with Gasteiger partial charge in [-0.1, -0.05) is 11.8 Å². The van der Waals surface area contributed by atoms with Crippen LogP contribution in [0, 0.1) is 0 Å². The molecule has 0 radical (unpaired) electrons. The second-order valence-corrected chi connectivity index (χ2v) is 5.15. The Kier molecular flexibility index (Phi) is 5.24. The Balaban J connectivity index is 2.24. The van der Waals surface area contributed by atoms with Crippen LogP contribution in [0.1, 0.15) is 19.8 Å². The second-order valence-electron chi connectivity index (χ2n) is 4.09. The van der Waals surface area contributed by atoms with Gasteiger partial charge in [0.1, 0.15) is 6.33 Å². The summed E-state index contributed by atoms with van der Waals surface area (Å²) in [7, 11) is 3.77. The van der Waals surface area contributed by atoms with Crippen molar-refractivity contribution in [3.05, 3.63) is 6.33 Å². The van der Waals surface area contributed by atoms with Crippen molar-refractivity contribution in [2.24, 2.45) is 7.05 Å². The van der Waals surface area contributed by atoms with Crippen molar-refractivity contribution >= 4 is 11.8 Å². The first-order chi connectivity index (χ1) is 7.61. The molecule has 0 saturated heterocycles. The number of aliphatic hydroxyl groups excluding tert-OH is 1. The van der Waals surface area contributed by atoms with Crippen molar-refractivity contribution in [1.29, 1.82) is 0 Å². The number of aromatic nitrogens is 3. The summed E-state index contributed by atoms with van der Waals surface area (Å²) in [5, 5.41) is 17.3. The largest absolute Gasteiger partial charge is 0.394 e. The molecule has 1 heterocycles. The molecule has 0 aromatic carbocycles. The third kappa shape index (κ3) is 3.77. The molecule has 0 fully saturated rings.